The highest BCUT2D eigenvalue weighted by molar-refractivity contribution is 7.80. The second kappa shape index (κ2) is 10.2. The lowest BCUT2D eigenvalue weighted by Gasteiger charge is -2.35. The summed E-state index contributed by atoms with van der Waals surface area (Å²) in [4.78, 5) is 38.0. The Balaban J connectivity index is 1.80. The molecule has 35 heavy (non-hydrogen) atoms. The average Bonchev–Trinajstić information content (AvgIpc) is 2.81. The molecule has 8 nitrogen and oxygen atoms in total. The lowest BCUT2D eigenvalue weighted by atomic mass is 10.1. The first-order valence-corrected chi connectivity index (χ1v) is 10.9. The number of hydrogen-bond donors (Lipinski definition) is 0. The van der Waals surface area contributed by atoms with Crippen molar-refractivity contribution in [3.63, 3.8) is 0 Å². The van der Waals surface area contributed by atoms with Crippen molar-refractivity contribution in [2.24, 2.45) is 0 Å². The molecule has 0 aromatic heterocycles. The SMILES string of the molecule is CCN1C(=O)C(=Cc2ccc(OCc3ccc([N+](=O)[O-])cc3C(F)(F)F)cc2)C(=O)N(CC)C1=S. The molecule has 184 valence electrons. The Morgan fingerprint density at radius 1 is 1.03 bits per heavy atom. The number of non-ortho nitro benzene ring substituents is 1. The Morgan fingerprint density at radius 3 is 2.09 bits per heavy atom. The summed E-state index contributed by atoms with van der Waals surface area (Å²) in [6.45, 7) is 3.61. The van der Waals surface area contributed by atoms with Crippen molar-refractivity contribution >= 4 is 40.9 Å². The first-order valence-electron chi connectivity index (χ1n) is 10.4. The second-order valence-corrected chi connectivity index (χ2v) is 7.76. The van der Waals surface area contributed by atoms with E-state index in [0.29, 0.717) is 24.7 Å². The monoisotopic (exact) mass is 507 g/mol. The van der Waals surface area contributed by atoms with Gasteiger partial charge in [0, 0.05) is 30.8 Å². The molecule has 2 aromatic carbocycles. The van der Waals surface area contributed by atoms with Crippen molar-refractivity contribution in [1.29, 1.82) is 0 Å². The maximum absolute atomic E-state index is 13.3. The predicted molar refractivity (Wildman–Crippen MR) is 124 cm³/mol. The molecule has 12 heteroatoms. The molecule has 3 rings (SSSR count). The highest BCUT2D eigenvalue weighted by Gasteiger charge is 2.38. The molecule has 1 saturated heterocycles. The van der Waals surface area contributed by atoms with Gasteiger partial charge in [0.2, 0.25) is 0 Å². The number of amides is 2. The van der Waals surface area contributed by atoms with Gasteiger partial charge in [0.05, 0.1) is 10.5 Å². The third kappa shape index (κ3) is 5.48. The summed E-state index contributed by atoms with van der Waals surface area (Å²) >= 11 is 5.22. The van der Waals surface area contributed by atoms with Crippen molar-refractivity contribution in [1.82, 2.24) is 9.80 Å². The summed E-state index contributed by atoms with van der Waals surface area (Å²) in [6, 6.07) is 8.49. The fourth-order valence-corrected chi connectivity index (χ4v) is 3.86. The quantitative estimate of drug-likeness (QED) is 0.179. The molecular weight excluding hydrogens is 487 g/mol. The van der Waals surface area contributed by atoms with Gasteiger partial charge < -0.3 is 4.74 Å². The van der Waals surface area contributed by atoms with Crippen molar-refractivity contribution in [3.8, 4) is 5.75 Å². The third-order valence-electron chi connectivity index (χ3n) is 5.24. The largest absolute Gasteiger partial charge is 0.489 e. The number of halogens is 3. The van der Waals surface area contributed by atoms with E-state index in [9.17, 15) is 32.9 Å². The molecule has 0 atom stereocenters. The maximum Gasteiger partial charge on any atom is 0.417 e. The molecule has 0 bridgehead atoms. The molecule has 0 aliphatic carbocycles. The van der Waals surface area contributed by atoms with E-state index in [-0.39, 0.29) is 22.0 Å². The van der Waals surface area contributed by atoms with Crippen LogP contribution in [0.4, 0.5) is 18.9 Å². The Kier molecular flexibility index (Phi) is 7.54. The number of rotatable bonds is 7. The van der Waals surface area contributed by atoms with E-state index < -0.39 is 40.8 Å². The van der Waals surface area contributed by atoms with Gasteiger partial charge in [0.25, 0.3) is 17.5 Å². The van der Waals surface area contributed by atoms with Crippen LogP contribution < -0.4 is 4.74 Å². The van der Waals surface area contributed by atoms with Gasteiger partial charge in [-0.2, -0.15) is 13.2 Å². The zero-order valence-corrected chi connectivity index (χ0v) is 19.5. The van der Waals surface area contributed by atoms with E-state index in [1.165, 1.54) is 28.0 Å². The zero-order valence-electron chi connectivity index (χ0n) is 18.7. The first kappa shape index (κ1) is 25.8. The molecule has 0 unspecified atom stereocenters. The number of nitro groups is 1. The van der Waals surface area contributed by atoms with E-state index in [2.05, 4.69) is 0 Å². The number of alkyl halides is 3. The topological polar surface area (TPSA) is 93.0 Å². The summed E-state index contributed by atoms with van der Waals surface area (Å²) in [5, 5.41) is 11.0. The molecule has 0 radical (unpaired) electrons. The summed E-state index contributed by atoms with van der Waals surface area (Å²) in [5.41, 5.74) is -1.64. The van der Waals surface area contributed by atoms with Crippen molar-refractivity contribution in [3.05, 3.63) is 74.8 Å². The number of nitrogens with zero attached hydrogens (tertiary/aromatic N) is 3. The van der Waals surface area contributed by atoms with Gasteiger partial charge in [0.15, 0.2) is 5.11 Å². The standard InChI is InChI=1S/C23H20F3N3O5S/c1-3-27-20(30)18(21(31)28(4-2)22(27)35)11-14-5-9-17(10-6-14)34-13-15-7-8-16(29(32)33)12-19(15)23(24,25)26/h5-12H,3-4,13H2,1-2H3. The summed E-state index contributed by atoms with van der Waals surface area (Å²) in [6.07, 6.45) is -3.37. The minimum atomic E-state index is -4.79. The van der Waals surface area contributed by atoms with Gasteiger partial charge in [0.1, 0.15) is 17.9 Å². The van der Waals surface area contributed by atoms with Crippen LogP contribution in [0.1, 0.15) is 30.5 Å². The molecule has 2 aromatic rings. The Morgan fingerprint density at radius 2 is 1.60 bits per heavy atom. The number of ether oxygens (including phenoxy) is 1. The minimum Gasteiger partial charge on any atom is -0.489 e. The highest BCUT2D eigenvalue weighted by atomic mass is 32.1. The van der Waals surface area contributed by atoms with Crippen LogP contribution in [-0.4, -0.2) is 44.7 Å². The smallest absolute Gasteiger partial charge is 0.417 e. The van der Waals surface area contributed by atoms with Crippen LogP contribution in [0.2, 0.25) is 0 Å². The minimum absolute atomic E-state index is 0.0586. The number of hydrogen-bond acceptors (Lipinski definition) is 6. The van der Waals surface area contributed by atoms with E-state index in [4.69, 9.17) is 17.0 Å². The maximum atomic E-state index is 13.3. The van der Waals surface area contributed by atoms with E-state index in [1.54, 1.807) is 26.0 Å². The number of carbonyl (C=O) groups is 2. The van der Waals surface area contributed by atoms with Crippen molar-refractivity contribution < 1.29 is 32.4 Å². The Hall–Kier alpha value is -3.80. The van der Waals surface area contributed by atoms with E-state index in [1.807, 2.05) is 0 Å². The molecular formula is C23H20F3N3O5S. The lowest BCUT2D eigenvalue weighted by molar-refractivity contribution is -0.385. The van der Waals surface area contributed by atoms with Crippen LogP contribution in [0.3, 0.4) is 0 Å². The molecule has 1 aliphatic heterocycles. The number of nitro benzene ring substituents is 1. The molecule has 0 N–H and O–H groups in total. The molecule has 1 aliphatic rings. The van der Waals surface area contributed by atoms with Crippen molar-refractivity contribution in [2.75, 3.05) is 13.1 Å². The van der Waals surface area contributed by atoms with Crippen LogP contribution >= 0.6 is 12.2 Å². The number of thiocarbonyl (C=S) groups is 1. The first-order chi connectivity index (χ1) is 16.5. The van der Waals surface area contributed by atoms with Gasteiger partial charge in [-0.3, -0.25) is 29.5 Å². The van der Waals surface area contributed by atoms with Gasteiger partial charge in [-0.05, 0) is 55.9 Å². The van der Waals surface area contributed by atoms with Crippen molar-refractivity contribution in [2.45, 2.75) is 26.6 Å². The second-order valence-electron chi connectivity index (χ2n) is 7.39. The summed E-state index contributed by atoms with van der Waals surface area (Å²) in [5.74, 6) is -0.790. The molecule has 1 fully saturated rings. The van der Waals surface area contributed by atoms with Gasteiger partial charge in [-0.15, -0.1) is 0 Å². The predicted octanol–water partition coefficient (Wildman–Crippen LogP) is 4.57. The summed E-state index contributed by atoms with van der Waals surface area (Å²) < 4.78 is 45.4. The fourth-order valence-electron chi connectivity index (χ4n) is 3.44. The van der Waals surface area contributed by atoms with Crippen LogP contribution in [0, 0.1) is 10.1 Å². The van der Waals surface area contributed by atoms with Crippen LogP contribution in [0.15, 0.2) is 48.0 Å². The molecule has 0 spiro atoms. The average molecular weight is 507 g/mol. The molecule has 1 heterocycles. The van der Waals surface area contributed by atoms with Gasteiger partial charge >= 0.3 is 6.18 Å². The zero-order chi connectivity index (χ0) is 25.9. The van der Waals surface area contributed by atoms with Crippen LogP contribution in [0.5, 0.6) is 5.75 Å². The Labute approximate surface area is 203 Å². The van der Waals surface area contributed by atoms with E-state index in [0.717, 1.165) is 12.1 Å². The molecule has 2 amide bonds. The van der Waals surface area contributed by atoms with E-state index >= 15 is 0 Å². The Bertz CT molecular complexity index is 1180. The summed E-state index contributed by atoms with van der Waals surface area (Å²) in [7, 11) is 0. The van der Waals surface area contributed by atoms with Gasteiger partial charge in [-0.25, -0.2) is 0 Å². The van der Waals surface area contributed by atoms with Crippen LogP contribution in [0.25, 0.3) is 6.08 Å². The normalized spacial score (nSPS) is 14.4. The lowest BCUT2D eigenvalue weighted by Crippen LogP contribution is -2.55. The number of likely N-dealkylation sites (N-methyl/N-ethyl adjacent to an activating group) is 2. The number of benzene rings is 2. The number of carbonyl (C=O) groups excluding carboxylic acids is 2. The van der Waals surface area contributed by atoms with Crippen LogP contribution in [-0.2, 0) is 22.4 Å². The highest BCUT2D eigenvalue weighted by Crippen LogP contribution is 2.35. The van der Waals surface area contributed by atoms with Gasteiger partial charge in [-0.1, -0.05) is 12.1 Å². The fraction of sp³-hybridized carbons (Fsp3) is 0.261. The third-order valence-corrected chi connectivity index (χ3v) is 5.68. The molecule has 0 saturated carbocycles.